The van der Waals surface area contributed by atoms with E-state index < -0.39 is 0 Å². The van der Waals surface area contributed by atoms with Crippen molar-refractivity contribution in [3.63, 3.8) is 0 Å². The summed E-state index contributed by atoms with van der Waals surface area (Å²) in [4.78, 5) is 11.4. The van der Waals surface area contributed by atoms with Gasteiger partial charge in [0.2, 0.25) is 0 Å². The Morgan fingerprint density at radius 1 is 1.62 bits per heavy atom. The van der Waals surface area contributed by atoms with Gasteiger partial charge in [0.15, 0.2) is 0 Å². The zero-order valence-electron chi connectivity index (χ0n) is 6.50. The molecule has 0 aromatic carbocycles. The fourth-order valence-corrected chi connectivity index (χ4v) is 1.33. The van der Waals surface area contributed by atoms with Crippen molar-refractivity contribution in [2.24, 2.45) is 0 Å². The Kier molecular flexibility index (Phi) is 3.63. The van der Waals surface area contributed by atoms with Crippen molar-refractivity contribution in [1.82, 2.24) is 9.78 Å². The Morgan fingerprint density at radius 2 is 2.31 bits per heavy atom. The summed E-state index contributed by atoms with van der Waals surface area (Å²) < 4.78 is 2.30. The zero-order chi connectivity index (χ0) is 9.84. The third kappa shape index (κ3) is 2.39. The van der Waals surface area contributed by atoms with E-state index in [4.69, 9.17) is 5.26 Å². The van der Waals surface area contributed by atoms with Gasteiger partial charge in [0.05, 0.1) is 29.7 Å². The topological polar surface area (TPSA) is 58.7 Å². The predicted octanol–water partition coefficient (Wildman–Crippen LogP) is 1.68. The molecule has 0 N–H and O–H groups in total. The molecule has 1 aromatic heterocycles. The molecule has 0 spiro atoms. The van der Waals surface area contributed by atoms with Gasteiger partial charge in [-0.25, -0.2) is 4.68 Å². The van der Waals surface area contributed by atoms with Gasteiger partial charge in [0.1, 0.15) is 4.47 Å². The quantitative estimate of drug-likeness (QED) is 0.835. The molecule has 0 bridgehead atoms. The highest BCUT2D eigenvalue weighted by molar-refractivity contribution is 9.13. The van der Waals surface area contributed by atoms with Crippen LogP contribution < -0.4 is 5.56 Å². The van der Waals surface area contributed by atoms with Crippen molar-refractivity contribution in [2.75, 3.05) is 0 Å². The molecule has 0 aliphatic carbocycles. The highest BCUT2D eigenvalue weighted by Gasteiger charge is 2.05. The molecule has 0 radical (unpaired) electrons. The fourth-order valence-electron chi connectivity index (χ4n) is 0.760. The van der Waals surface area contributed by atoms with Crippen molar-refractivity contribution < 1.29 is 0 Å². The lowest BCUT2D eigenvalue weighted by molar-refractivity contribution is 0.584. The SMILES string of the molecule is N#CCCn1ncc(Br)c(Br)c1=O. The normalized spacial score (nSPS) is 9.62. The molecule has 0 unspecified atom stereocenters. The minimum Gasteiger partial charge on any atom is -0.266 e. The monoisotopic (exact) mass is 305 g/mol. The maximum atomic E-state index is 11.4. The summed E-state index contributed by atoms with van der Waals surface area (Å²) in [5.74, 6) is 0. The first-order valence-corrected chi connectivity index (χ1v) is 5.03. The van der Waals surface area contributed by atoms with E-state index in [-0.39, 0.29) is 12.0 Å². The number of aromatic nitrogens is 2. The number of nitrogens with zero attached hydrogens (tertiary/aromatic N) is 3. The van der Waals surface area contributed by atoms with Crippen molar-refractivity contribution in [1.29, 1.82) is 5.26 Å². The Morgan fingerprint density at radius 3 is 2.92 bits per heavy atom. The van der Waals surface area contributed by atoms with Crippen LogP contribution in [0.2, 0.25) is 0 Å². The van der Waals surface area contributed by atoms with Crippen LogP contribution in [0.25, 0.3) is 0 Å². The number of rotatable bonds is 2. The second kappa shape index (κ2) is 4.53. The summed E-state index contributed by atoms with van der Waals surface area (Å²) in [5.41, 5.74) is -0.232. The lowest BCUT2D eigenvalue weighted by Gasteiger charge is -2.01. The van der Waals surface area contributed by atoms with Crippen LogP contribution in [0.4, 0.5) is 0 Å². The molecule has 0 fully saturated rings. The van der Waals surface area contributed by atoms with Crippen LogP contribution in [0, 0.1) is 11.3 Å². The molecule has 1 aromatic rings. The summed E-state index contributed by atoms with van der Waals surface area (Å²) in [6.45, 7) is 0.321. The van der Waals surface area contributed by atoms with E-state index >= 15 is 0 Å². The third-order valence-corrected chi connectivity index (χ3v) is 3.28. The lowest BCUT2D eigenvalue weighted by Crippen LogP contribution is -2.23. The smallest absolute Gasteiger partial charge is 0.266 e. The van der Waals surface area contributed by atoms with Crippen molar-refractivity contribution in [3.8, 4) is 6.07 Å². The Hall–Kier alpha value is -0.670. The standard InChI is InChI=1S/C7H5Br2N3O/c8-5-4-11-12(3-1-2-10)7(13)6(5)9/h4H,1,3H2. The number of aryl methyl sites for hydroxylation is 1. The molecule has 68 valence electrons. The summed E-state index contributed by atoms with van der Waals surface area (Å²) in [6.07, 6.45) is 1.80. The van der Waals surface area contributed by atoms with Gasteiger partial charge in [-0.3, -0.25) is 4.79 Å². The maximum absolute atomic E-state index is 11.4. The van der Waals surface area contributed by atoms with Gasteiger partial charge >= 0.3 is 0 Å². The van der Waals surface area contributed by atoms with E-state index in [1.54, 1.807) is 0 Å². The minimum atomic E-state index is -0.232. The number of halogens is 2. The maximum Gasteiger partial charge on any atom is 0.282 e. The van der Waals surface area contributed by atoms with Gasteiger partial charge in [-0.1, -0.05) is 0 Å². The van der Waals surface area contributed by atoms with Crippen LogP contribution in [-0.2, 0) is 6.54 Å². The van der Waals surface area contributed by atoms with Gasteiger partial charge in [-0.2, -0.15) is 10.4 Å². The molecule has 0 aliphatic rings. The average molecular weight is 307 g/mol. The molecule has 0 saturated heterocycles. The van der Waals surface area contributed by atoms with Crippen LogP contribution in [-0.4, -0.2) is 9.78 Å². The van der Waals surface area contributed by atoms with Crippen LogP contribution in [0.3, 0.4) is 0 Å². The van der Waals surface area contributed by atoms with Crippen LogP contribution in [0.5, 0.6) is 0 Å². The van der Waals surface area contributed by atoms with Gasteiger partial charge in [-0.05, 0) is 31.9 Å². The van der Waals surface area contributed by atoms with Gasteiger partial charge in [0, 0.05) is 0 Å². The second-order valence-corrected chi connectivity index (χ2v) is 3.89. The summed E-state index contributed by atoms with van der Waals surface area (Å²) in [5, 5.41) is 12.2. The molecular formula is C7H5Br2N3O. The molecule has 4 nitrogen and oxygen atoms in total. The Labute approximate surface area is 91.4 Å². The second-order valence-electron chi connectivity index (χ2n) is 2.24. The third-order valence-electron chi connectivity index (χ3n) is 1.38. The predicted molar refractivity (Wildman–Crippen MR) is 54.1 cm³/mol. The Bertz CT molecular complexity index is 407. The summed E-state index contributed by atoms with van der Waals surface area (Å²) in [7, 11) is 0. The first-order valence-electron chi connectivity index (χ1n) is 3.45. The van der Waals surface area contributed by atoms with Crippen molar-refractivity contribution >= 4 is 31.9 Å². The van der Waals surface area contributed by atoms with Crippen molar-refractivity contribution in [2.45, 2.75) is 13.0 Å². The van der Waals surface area contributed by atoms with Crippen LogP contribution >= 0.6 is 31.9 Å². The van der Waals surface area contributed by atoms with E-state index in [0.29, 0.717) is 15.5 Å². The minimum absolute atomic E-state index is 0.232. The molecule has 0 saturated carbocycles. The molecule has 1 rings (SSSR count). The van der Waals surface area contributed by atoms with E-state index in [9.17, 15) is 4.79 Å². The first-order chi connectivity index (χ1) is 6.16. The molecule has 6 heteroatoms. The van der Waals surface area contributed by atoms with Gasteiger partial charge < -0.3 is 0 Å². The van der Waals surface area contributed by atoms with Crippen molar-refractivity contribution in [3.05, 3.63) is 25.5 Å². The molecule has 0 atom stereocenters. The average Bonchev–Trinajstić information content (AvgIpc) is 2.13. The molecule has 0 aliphatic heterocycles. The van der Waals surface area contributed by atoms with E-state index in [0.717, 1.165) is 0 Å². The molecule has 13 heavy (non-hydrogen) atoms. The van der Waals surface area contributed by atoms with E-state index in [1.165, 1.54) is 10.9 Å². The summed E-state index contributed by atoms with van der Waals surface area (Å²) in [6, 6.07) is 1.95. The molecule has 1 heterocycles. The van der Waals surface area contributed by atoms with Gasteiger partial charge in [0.25, 0.3) is 5.56 Å². The number of nitriles is 1. The lowest BCUT2D eigenvalue weighted by atomic mass is 10.4. The first kappa shape index (κ1) is 10.4. The highest BCUT2D eigenvalue weighted by Crippen LogP contribution is 2.16. The molecular weight excluding hydrogens is 302 g/mol. The zero-order valence-corrected chi connectivity index (χ0v) is 9.67. The number of hydrogen-bond donors (Lipinski definition) is 0. The number of hydrogen-bond acceptors (Lipinski definition) is 3. The van der Waals surface area contributed by atoms with Crippen LogP contribution in [0.15, 0.2) is 19.9 Å². The largest absolute Gasteiger partial charge is 0.282 e. The Balaban J connectivity index is 3.06. The van der Waals surface area contributed by atoms with Crippen LogP contribution in [0.1, 0.15) is 6.42 Å². The fraction of sp³-hybridized carbons (Fsp3) is 0.286. The van der Waals surface area contributed by atoms with Gasteiger partial charge in [-0.15, -0.1) is 0 Å². The molecule has 0 amide bonds. The van der Waals surface area contributed by atoms with E-state index in [1.807, 2.05) is 6.07 Å². The highest BCUT2D eigenvalue weighted by atomic mass is 79.9. The summed E-state index contributed by atoms with van der Waals surface area (Å²) >= 11 is 6.28. The van der Waals surface area contributed by atoms with E-state index in [2.05, 4.69) is 37.0 Å².